The van der Waals surface area contributed by atoms with Crippen molar-refractivity contribution in [3.05, 3.63) is 47.2 Å². The molecule has 0 aromatic rings. The van der Waals surface area contributed by atoms with Crippen molar-refractivity contribution >= 4 is 8.80 Å². The standard InChI is InChI=1S/C19H30Si/c1-4-6-15-20(16-7-5-2)18-13-10-12-17-11-8-9-14-19(17,18)3/h8-13,20H,4-7,14-16H2,1-3H3. The van der Waals surface area contributed by atoms with Crippen LogP contribution < -0.4 is 0 Å². The first kappa shape index (κ1) is 15.6. The first-order valence-corrected chi connectivity index (χ1v) is 10.7. The molecule has 110 valence electrons. The largest absolute Gasteiger partial charge is 0.0833 e. The molecule has 0 aromatic carbocycles. The summed E-state index contributed by atoms with van der Waals surface area (Å²) in [5, 5.41) is 1.83. The summed E-state index contributed by atoms with van der Waals surface area (Å²) in [6.07, 6.45) is 20.8. The first-order chi connectivity index (χ1) is 9.72. The zero-order chi connectivity index (χ0) is 14.4. The van der Waals surface area contributed by atoms with Crippen LogP contribution in [0.5, 0.6) is 0 Å². The topological polar surface area (TPSA) is 0 Å². The van der Waals surface area contributed by atoms with E-state index < -0.39 is 8.80 Å². The van der Waals surface area contributed by atoms with Crippen molar-refractivity contribution in [3.63, 3.8) is 0 Å². The Labute approximate surface area is 127 Å². The van der Waals surface area contributed by atoms with E-state index >= 15 is 0 Å². The van der Waals surface area contributed by atoms with Crippen LogP contribution >= 0.6 is 0 Å². The van der Waals surface area contributed by atoms with Gasteiger partial charge in [-0.2, -0.15) is 0 Å². The third-order valence-electron chi connectivity index (χ3n) is 5.02. The molecule has 2 aliphatic rings. The van der Waals surface area contributed by atoms with Crippen molar-refractivity contribution in [2.75, 3.05) is 0 Å². The molecular formula is C19H30Si. The lowest BCUT2D eigenvalue weighted by Crippen LogP contribution is -2.33. The first-order valence-electron chi connectivity index (χ1n) is 8.48. The van der Waals surface area contributed by atoms with Gasteiger partial charge in [0.2, 0.25) is 0 Å². The maximum atomic E-state index is 2.48. The molecule has 0 aromatic heterocycles. The Balaban J connectivity index is 2.22. The molecule has 0 amide bonds. The Morgan fingerprint density at radius 2 is 1.75 bits per heavy atom. The number of fused-ring (bicyclic) bond motifs is 1. The van der Waals surface area contributed by atoms with E-state index in [0.29, 0.717) is 5.41 Å². The predicted octanol–water partition coefficient (Wildman–Crippen LogP) is 5.74. The number of allylic oxidation sites excluding steroid dienone is 8. The van der Waals surface area contributed by atoms with Crippen molar-refractivity contribution in [1.29, 1.82) is 0 Å². The van der Waals surface area contributed by atoms with E-state index in [1.165, 1.54) is 44.2 Å². The summed E-state index contributed by atoms with van der Waals surface area (Å²) in [5.41, 5.74) is 1.87. The molecule has 0 nitrogen and oxygen atoms in total. The zero-order valence-electron chi connectivity index (χ0n) is 13.5. The van der Waals surface area contributed by atoms with Gasteiger partial charge in [0.05, 0.1) is 8.80 Å². The van der Waals surface area contributed by atoms with Crippen LogP contribution in [0.3, 0.4) is 0 Å². The van der Waals surface area contributed by atoms with Gasteiger partial charge in [0, 0.05) is 5.41 Å². The van der Waals surface area contributed by atoms with Gasteiger partial charge in [-0.25, -0.2) is 0 Å². The number of rotatable bonds is 7. The molecule has 0 radical (unpaired) electrons. The van der Waals surface area contributed by atoms with Crippen molar-refractivity contribution in [3.8, 4) is 0 Å². The summed E-state index contributed by atoms with van der Waals surface area (Å²) < 4.78 is 0. The molecule has 20 heavy (non-hydrogen) atoms. The average Bonchev–Trinajstić information content (AvgIpc) is 2.47. The predicted molar refractivity (Wildman–Crippen MR) is 93.7 cm³/mol. The molecule has 1 heteroatoms. The molecule has 2 rings (SSSR count). The van der Waals surface area contributed by atoms with Crippen molar-refractivity contribution in [2.24, 2.45) is 5.41 Å². The van der Waals surface area contributed by atoms with E-state index in [-0.39, 0.29) is 0 Å². The SMILES string of the molecule is CCCC[SiH](CCCC)C1=CC=CC2=CC=CCC21C. The summed E-state index contributed by atoms with van der Waals surface area (Å²) >= 11 is 0. The minimum Gasteiger partial charge on any atom is -0.0833 e. The fraction of sp³-hybridized carbons (Fsp3) is 0.579. The highest BCUT2D eigenvalue weighted by Crippen LogP contribution is 2.46. The van der Waals surface area contributed by atoms with Gasteiger partial charge in [-0.3, -0.25) is 0 Å². The Kier molecular flexibility index (Phi) is 5.65. The van der Waals surface area contributed by atoms with Crippen LogP contribution in [-0.2, 0) is 0 Å². The molecule has 0 heterocycles. The normalized spacial score (nSPS) is 24.6. The molecule has 0 aliphatic heterocycles. The second-order valence-electron chi connectivity index (χ2n) is 6.55. The van der Waals surface area contributed by atoms with Gasteiger partial charge in [0.25, 0.3) is 0 Å². The summed E-state index contributed by atoms with van der Waals surface area (Å²) in [7, 11) is -0.776. The fourth-order valence-corrected chi connectivity index (χ4v) is 7.97. The highest BCUT2D eigenvalue weighted by Gasteiger charge is 2.36. The van der Waals surface area contributed by atoms with Gasteiger partial charge in [-0.15, -0.1) is 0 Å². The molecule has 0 saturated carbocycles. The maximum Gasteiger partial charge on any atom is 0.0668 e. The zero-order valence-corrected chi connectivity index (χ0v) is 14.6. The lowest BCUT2D eigenvalue weighted by atomic mass is 9.74. The Hall–Kier alpha value is -0.823. The second-order valence-corrected chi connectivity index (χ2v) is 9.72. The van der Waals surface area contributed by atoms with Gasteiger partial charge in [-0.1, -0.05) is 100 Å². The summed E-state index contributed by atoms with van der Waals surface area (Å²) in [6, 6.07) is 3.01. The molecule has 1 atom stereocenters. The molecule has 0 N–H and O–H groups in total. The van der Waals surface area contributed by atoms with Gasteiger partial charge in [0.1, 0.15) is 0 Å². The van der Waals surface area contributed by atoms with Crippen LogP contribution in [0.4, 0.5) is 0 Å². The molecule has 0 bridgehead atoms. The molecule has 2 aliphatic carbocycles. The van der Waals surface area contributed by atoms with E-state index in [9.17, 15) is 0 Å². The Morgan fingerprint density at radius 3 is 2.40 bits per heavy atom. The van der Waals surface area contributed by atoms with E-state index in [0.717, 1.165) is 0 Å². The van der Waals surface area contributed by atoms with Crippen molar-refractivity contribution < 1.29 is 0 Å². The highest BCUT2D eigenvalue weighted by atomic mass is 28.3. The highest BCUT2D eigenvalue weighted by molar-refractivity contribution is 6.67. The number of unbranched alkanes of at least 4 members (excludes halogenated alkanes) is 2. The minimum atomic E-state index is -0.776. The Morgan fingerprint density at radius 1 is 1.05 bits per heavy atom. The van der Waals surface area contributed by atoms with Crippen LogP contribution in [0.25, 0.3) is 0 Å². The summed E-state index contributed by atoms with van der Waals surface area (Å²) in [4.78, 5) is 0. The lowest BCUT2D eigenvalue weighted by Gasteiger charge is -2.40. The average molecular weight is 287 g/mol. The quantitative estimate of drug-likeness (QED) is 0.523. The van der Waals surface area contributed by atoms with Gasteiger partial charge in [0.15, 0.2) is 0 Å². The number of hydrogen-bond donors (Lipinski definition) is 0. The Bertz CT molecular complexity index is 431. The molecule has 0 saturated heterocycles. The second kappa shape index (κ2) is 7.26. The van der Waals surface area contributed by atoms with Crippen LogP contribution in [0.2, 0.25) is 12.1 Å². The lowest BCUT2D eigenvalue weighted by molar-refractivity contribution is 0.509. The van der Waals surface area contributed by atoms with E-state index in [2.05, 4.69) is 57.2 Å². The van der Waals surface area contributed by atoms with Crippen LogP contribution in [0.15, 0.2) is 47.2 Å². The maximum absolute atomic E-state index is 2.48. The third-order valence-corrected chi connectivity index (χ3v) is 8.94. The summed E-state index contributed by atoms with van der Waals surface area (Å²) in [5.74, 6) is 0. The van der Waals surface area contributed by atoms with Gasteiger partial charge < -0.3 is 0 Å². The van der Waals surface area contributed by atoms with Crippen molar-refractivity contribution in [2.45, 2.75) is 65.0 Å². The summed E-state index contributed by atoms with van der Waals surface area (Å²) in [6.45, 7) is 7.14. The van der Waals surface area contributed by atoms with Crippen molar-refractivity contribution in [1.82, 2.24) is 0 Å². The molecule has 1 unspecified atom stereocenters. The molecule has 0 fully saturated rings. The van der Waals surface area contributed by atoms with E-state index in [1.807, 2.05) is 5.20 Å². The van der Waals surface area contributed by atoms with Crippen LogP contribution in [-0.4, -0.2) is 8.80 Å². The van der Waals surface area contributed by atoms with Crippen LogP contribution in [0, 0.1) is 5.41 Å². The van der Waals surface area contributed by atoms with E-state index in [4.69, 9.17) is 0 Å². The number of hydrogen-bond acceptors (Lipinski definition) is 0. The molecular weight excluding hydrogens is 256 g/mol. The van der Waals surface area contributed by atoms with E-state index in [1.54, 1.807) is 5.57 Å². The monoisotopic (exact) mass is 286 g/mol. The minimum absolute atomic E-state index is 0.321. The molecule has 0 spiro atoms. The van der Waals surface area contributed by atoms with Gasteiger partial charge in [-0.05, 0) is 12.0 Å². The third kappa shape index (κ3) is 3.25. The fourth-order valence-electron chi connectivity index (χ4n) is 3.68. The van der Waals surface area contributed by atoms with Gasteiger partial charge >= 0.3 is 0 Å². The smallest absolute Gasteiger partial charge is 0.0668 e. The van der Waals surface area contributed by atoms with Crippen LogP contribution in [0.1, 0.15) is 52.9 Å².